The van der Waals surface area contributed by atoms with Crippen LogP contribution in [0.4, 0.5) is 0 Å². The van der Waals surface area contributed by atoms with Crippen LogP contribution < -0.4 is 5.32 Å². The lowest BCUT2D eigenvalue weighted by Crippen LogP contribution is -2.63. The standard InChI is InChI=1S/C16H32N2/c1-12(2)8-13(3)10-18-11-16(5,15-6-7-15)17-9-14(18)4/h12-15,17H,6-11H2,1-5H3. The molecule has 0 radical (unpaired) electrons. The van der Waals surface area contributed by atoms with Crippen LogP contribution in [-0.2, 0) is 0 Å². The molecule has 0 bridgehead atoms. The van der Waals surface area contributed by atoms with Crippen LogP contribution in [0.1, 0.15) is 53.9 Å². The number of rotatable bonds is 5. The molecule has 0 aromatic heterocycles. The van der Waals surface area contributed by atoms with Crippen molar-refractivity contribution in [2.75, 3.05) is 19.6 Å². The maximum Gasteiger partial charge on any atom is 0.0309 e. The van der Waals surface area contributed by atoms with Crippen molar-refractivity contribution >= 4 is 0 Å². The van der Waals surface area contributed by atoms with Crippen LogP contribution in [0.3, 0.4) is 0 Å². The molecule has 1 saturated heterocycles. The van der Waals surface area contributed by atoms with Gasteiger partial charge in [0.25, 0.3) is 0 Å². The fraction of sp³-hybridized carbons (Fsp3) is 1.00. The van der Waals surface area contributed by atoms with E-state index in [1.807, 2.05) is 0 Å². The maximum absolute atomic E-state index is 3.81. The van der Waals surface area contributed by atoms with Gasteiger partial charge >= 0.3 is 0 Å². The minimum Gasteiger partial charge on any atom is -0.308 e. The number of piperazine rings is 1. The topological polar surface area (TPSA) is 15.3 Å². The Labute approximate surface area is 114 Å². The van der Waals surface area contributed by atoms with Crippen LogP contribution in [-0.4, -0.2) is 36.1 Å². The van der Waals surface area contributed by atoms with Crippen molar-refractivity contribution in [2.24, 2.45) is 17.8 Å². The van der Waals surface area contributed by atoms with E-state index in [2.05, 4.69) is 44.8 Å². The summed E-state index contributed by atoms with van der Waals surface area (Å²) in [7, 11) is 0. The summed E-state index contributed by atoms with van der Waals surface area (Å²) in [5, 5.41) is 3.81. The first kappa shape index (κ1) is 14.3. The van der Waals surface area contributed by atoms with Gasteiger partial charge in [0.1, 0.15) is 0 Å². The molecule has 1 aliphatic heterocycles. The first-order valence-electron chi connectivity index (χ1n) is 7.90. The van der Waals surface area contributed by atoms with Gasteiger partial charge in [-0.15, -0.1) is 0 Å². The second kappa shape index (κ2) is 5.50. The average molecular weight is 252 g/mol. The molecule has 0 aromatic rings. The van der Waals surface area contributed by atoms with Crippen molar-refractivity contribution in [1.29, 1.82) is 0 Å². The summed E-state index contributed by atoms with van der Waals surface area (Å²) in [5.74, 6) is 2.59. The molecule has 106 valence electrons. The normalized spacial score (nSPS) is 36.0. The molecule has 1 N–H and O–H groups in total. The van der Waals surface area contributed by atoms with E-state index in [0.717, 1.165) is 17.8 Å². The summed E-state index contributed by atoms with van der Waals surface area (Å²) in [4.78, 5) is 2.74. The van der Waals surface area contributed by atoms with Gasteiger partial charge in [0.05, 0.1) is 0 Å². The highest BCUT2D eigenvalue weighted by Crippen LogP contribution is 2.41. The molecule has 0 amide bonds. The third-order valence-corrected chi connectivity index (χ3v) is 4.85. The molecule has 1 heterocycles. The van der Waals surface area contributed by atoms with Crippen molar-refractivity contribution in [2.45, 2.75) is 65.5 Å². The molecular formula is C16H32N2. The third kappa shape index (κ3) is 3.48. The Morgan fingerprint density at radius 1 is 1.28 bits per heavy atom. The van der Waals surface area contributed by atoms with E-state index < -0.39 is 0 Å². The first-order chi connectivity index (χ1) is 8.40. The summed E-state index contributed by atoms with van der Waals surface area (Å²) in [6, 6.07) is 0.700. The first-order valence-corrected chi connectivity index (χ1v) is 7.90. The van der Waals surface area contributed by atoms with Crippen LogP contribution >= 0.6 is 0 Å². The fourth-order valence-electron chi connectivity index (χ4n) is 3.66. The fourth-order valence-corrected chi connectivity index (χ4v) is 3.66. The van der Waals surface area contributed by atoms with E-state index in [1.54, 1.807) is 0 Å². The van der Waals surface area contributed by atoms with Gasteiger partial charge in [-0.2, -0.15) is 0 Å². The summed E-state index contributed by atoms with van der Waals surface area (Å²) in [5.41, 5.74) is 0.393. The summed E-state index contributed by atoms with van der Waals surface area (Å²) in [6.07, 6.45) is 4.23. The molecule has 2 nitrogen and oxygen atoms in total. The summed E-state index contributed by atoms with van der Waals surface area (Å²) >= 11 is 0. The maximum atomic E-state index is 3.81. The van der Waals surface area contributed by atoms with Gasteiger partial charge in [0.2, 0.25) is 0 Å². The largest absolute Gasteiger partial charge is 0.308 e. The van der Waals surface area contributed by atoms with Crippen LogP contribution in [0.25, 0.3) is 0 Å². The van der Waals surface area contributed by atoms with Gasteiger partial charge in [-0.05, 0) is 50.9 Å². The van der Waals surface area contributed by atoms with Crippen LogP contribution in [0.15, 0.2) is 0 Å². The highest BCUT2D eigenvalue weighted by atomic mass is 15.3. The molecule has 2 rings (SSSR count). The van der Waals surface area contributed by atoms with Gasteiger partial charge < -0.3 is 5.32 Å². The zero-order valence-corrected chi connectivity index (χ0v) is 13.0. The number of hydrogen-bond donors (Lipinski definition) is 1. The van der Waals surface area contributed by atoms with E-state index in [0.29, 0.717) is 11.6 Å². The van der Waals surface area contributed by atoms with Gasteiger partial charge in [0, 0.05) is 31.2 Å². The van der Waals surface area contributed by atoms with Crippen molar-refractivity contribution in [3.05, 3.63) is 0 Å². The van der Waals surface area contributed by atoms with Crippen molar-refractivity contribution in [3.8, 4) is 0 Å². The van der Waals surface area contributed by atoms with Crippen LogP contribution in [0.5, 0.6) is 0 Å². The van der Waals surface area contributed by atoms with Crippen molar-refractivity contribution < 1.29 is 0 Å². The minimum absolute atomic E-state index is 0.393. The Bertz CT molecular complexity index is 272. The predicted octanol–water partition coefficient (Wildman–Crippen LogP) is 3.13. The lowest BCUT2D eigenvalue weighted by atomic mass is 9.89. The molecule has 2 fully saturated rings. The minimum atomic E-state index is 0.393. The van der Waals surface area contributed by atoms with Crippen LogP contribution in [0.2, 0.25) is 0 Å². The van der Waals surface area contributed by atoms with Gasteiger partial charge in [-0.3, -0.25) is 4.90 Å². The molecule has 0 spiro atoms. The lowest BCUT2D eigenvalue weighted by molar-refractivity contribution is 0.0685. The van der Waals surface area contributed by atoms with E-state index in [-0.39, 0.29) is 0 Å². The van der Waals surface area contributed by atoms with E-state index in [4.69, 9.17) is 0 Å². The average Bonchev–Trinajstić information content (AvgIpc) is 3.06. The molecule has 0 aromatic carbocycles. The highest BCUT2D eigenvalue weighted by Gasteiger charge is 2.45. The molecule has 1 aliphatic carbocycles. The Hall–Kier alpha value is -0.0800. The van der Waals surface area contributed by atoms with Crippen molar-refractivity contribution in [1.82, 2.24) is 10.2 Å². The molecule has 3 unspecified atom stereocenters. The molecule has 2 aliphatic rings. The van der Waals surface area contributed by atoms with Gasteiger partial charge in [-0.25, -0.2) is 0 Å². The Kier molecular flexibility index (Phi) is 4.38. The molecule has 1 saturated carbocycles. The van der Waals surface area contributed by atoms with Gasteiger partial charge in [0.15, 0.2) is 0 Å². The zero-order chi connectivity index (χ0) is 13.3. The molecule has 3 atom stereocenters. The Morgan fingerprint density at radius 2 is 1.94 bits per heavy atom. The predicted molar refractivity (Wildman–Crippen MR) is 78.8 cm³/mol. The van der Waals surface area contributed by atoms with Gasteiger partial charge in [-0.1, -0.05) is 20.8 Å². The lowest BCUT2D eigenvalue weighted by Gasteiger charge is -2.46. The van der Waals surface area contributed by atoms with E-state index >= 15 is 0 Å². The Balaban J connectivity index is 1.89. The summed E-state index contributed by atoms with van der Waals surface area (Å²) in [6.45, 7) is 15.6. The third-order valence-electron chi connectivity index (χ3n) is 4.85. The second-order valence-corrected chi connectivity index (χ2v) is 7.59. The monoisotopic (exact) mass is 252 g/mol. The molecule has 2 heteroatoms. The number of nitrogens with zero attached hydrogens (tertiary/aromatic N) is 1. The number of nitrogens with one attached hydrogen (secondary N) is 1. The molecular weight excluding hydrogens is 220 g/mol. The molecule has 18 heavy (non-hydrogen) atoms. The Morgan fingerprint density at radius 3 is 2.50 bits per heavy atom. The van der Waals surface area contributed by atoms with Crippen molar-refractivity contribution in [3.63, 3.8) is 0 Å². The summed E-state index contributed by atoms with van der Waals surface area (Å²) < 4.78 is 0. The van der Waals surface area contributed by atoms with E-state index in [1.165, 1.54) is 38.9 Å². The number of hydrogen-bond acceptors (Lipinski definition) is 2. The van der Waals surface area contributed by atoms with Crippen LogP contribution in [0, 0.1) is 17.8 Å². The smallest absolute Gasteiger partial charge is 0.0309 e. The quantitative estimate of drug-likeness (QED) is 0.809. The second-order valence-electron chi connectivity index (χ2n) is 7.59. The zero-order valence-electron chi connectivity index (χ0n) is 13.0. The van der Waals surface area contributed by atoms with E-state index in [9.17, 15) is 0 Å². The highest BCUT2D eigenvalue weighted by molar-refractivity contribution is 5.03. The SMILES string of the molecule is CC(C)CC(C)CN1CC(C)(C2CC2)NCC1C.